The van der Waals surface area contributed by atoms with Crippen LogP contribution < -0.4 is 10.1 Å². The predicted molar refractivity (Wildman–Crippen MR) is 119 cm³/mol. The Kier molecular flexibility index (Phi) is 6.71. The van der Waals surface area contributed by atoms with E-state index in [2.05, 4.69) is 10.5 Å². The lowest BCUT2D eigenvalue weighted by Crippen LogP contribution is -2.18. The van der Waals surface area contributed by atoms with Crippen molar-refractivity contribution in [3.63, 3.8) is 0 Å². The molecule has 0 aliphatic rings. The highest BCUT2D eigenvalue weighted by Crippen LogP contribution is 2.33. The van der Waals surface area contributed by atoms with Gasteiger partial charge in [0, 0.05) is 28.3 Å². The van der Waals surface area contributed by atoms with E-state index in [1.54, 1.807) is 37.3 Å². The third-order valence-electron chi connectivity index (χ3n) is 5.06. The second-order valence-electron chi connectivity index (χ2n) is 7.12. The van der Waals surface area contributed by atoms with Gasteiger partial charge in [-0.15, -0.1) is 0 Å². The van der Waals surface area contributed by atoms with Crippen LogP contribution in [0.25, 0.3) is 11.3 Å². The van der Waals surface area contributed by atoms with E-state index in [0.29, 0.717) is 27.6 Å². The molecular formula is C22H23ClN2O5S. The van der Waals surface area contributed by atoms with E-state index in [0.717, 1.165) is 11.3 Å². The number of hydrogen-bond donors (Lipinski definition) is 1. The largest absolute Gasteiger partial charge is 0.495 e. The lowest BCUT2D eigenvalue weighted by molar-refractivity contribution is -0.115. The van der Waals surface area contributed by atoms with Gasteiger partial charge in [-0.25, -0.2) is 8.42 Å². The van der Waals surface area contributed by atoms with Gasteiger partial charge in [-0.2, -0.15) is 0 Å². The summed E-state index contributed by atoms with van der Waals surface area (Å²) in [5, 5.41) is 7.15. The Morgan fingerprint density at radius 3 is 2.55 bits per heavy atom. The van der Waals surface area contributed by atoms with Crippen LogP contribution in [0.4, 0.5) is 5.69 Å². The number of carbonyl (C=O) groups is 1. The Hall–Kier alpha value is -2.84. The van der Waals surface area contributed by atoms with Crippen molar-refractivity contribution in [1.29, 1.82) is 0 Å². The average Bonchev–Trinajstić information content (AvgIpc) is 3.08. The number of halogens is 1. The molecule has 0 spiro atoms. The number of ether oxygens (including phenoxy) is 1. The number of carbonyl (C=O) groups excluding carboxylic acids is 1. The van der Waals surface area contributed by atoms with Gasteiger partial charge in [-0.1, -0.05) is 22.8 Å². The smallest absolute Gasteiger partial charge is 0.225 e. The number of benzene rings is 2. The molecule has 31 heavy (non-hydrogen) atoms. The predicted octanol–water partition coefficient (Wildman–Crippen LogP) is 4.73. The molecule has 1 N–H and O–H groups in total. The SMILES string of the molecule is COc1ccc(-c2onc(C)c2C)cc1S(=O)(=O)CCC(=O)Nc1cccc(Cl)c1C. The molecule has 0 aliphatic carbocycles. The maximum atomic E-state index is 13.0. The molecule has 0 unspecified atom stereocenters. The zero-order valence-corrected chi connectivity index (χ0v) is 19.2. The summed E-state index contributed by atoms with van der Waals surface area (Å²) in [6.45, 7) is 5.43. The molecule has 7 nitrogen and oxygen atoms in total. The average molecular weight is 463 g/mol. The molecule has 2 aromatic carbocycles. The minimum absolute atomic E-state index is 0.00677. The van der Waals surface area contributed by atoms with Gasteiger partial charge in [-0.05, 0) is 56.7 Å². The van der Waals surface area contributed by atoms with Gasteiger partial charge in [0.2, 0.25) is 5.91 Å². The Morgan fingerprint density at radius 2 is 1.90 bits per heavy atom. The number of nitrogens with one attached hydrogen (secondary N) is 1. The molecule has 0 fully saturated rings. The summed E-state index contributed by atoms with van der Waals surface area (Å²) in [6.07, 6.45) is -0.220. The molecule has 0 aliphatic heterocycles. The lowest BCUT2D eigenvalue weighted by Gasteiger charge is -2.12. The monoisotopic (exact) mass is 462 g/mol. The van der Waals surface area contributed by atoms with Gasteiger partial charge in [0.25, 0.3) is 0 Å². The fourth-order valence-corrected chi connectivity index (χ4v) is 4.65. The molecule has 0 bridgehead atoms. The van der Waals surface area contributed by atoms with Gasteiger partial charge in [0.1, 0.15) is 10.6 Å². The van der Waals surface area contributed by atoms with Crippen molar-refractivity contribution in [2.24, 2.45) is 0 Å². The molecule has 0 atom stereocenters. The molecule has 164 valence electrons. The van der Waals surface area contributed by atoms with E-state index in [1.807, 2.05) is 13.8 Å². The van der Waals surface area contributed by atoms with Crippen LogP contribution in [0.15, 0.2) is 45.8 Å². The topological polar surface area (TPSA) is 98.5 Å². The van der Waals surface area contributed by atoms with Crippen molar-refractivity contribution in [3.05, 3.63) is 58.2 Å². The number of anilines is 1. The van der Waals surface area contributed by atoms with E-state index < -0.39 is 15.7 Å². The summed E-state index contributed by atoms with van der Waals surface area (Å²) in [4.78, 5) is 12.4. The van der Waals surface area contributed by atoms with E-state index in [1.165, 1.54) is 13.2 Å². The van der Waals surface area contributed by atoms with Crippen LogP contribution in [0.2, 0.25) is 5.02 Å². The molecule has 3 aromatic rings. The van der Waals surface area contributed by atoms with E-state index in [9.17, 15) is 13.2 Å². The molecule has 1 heterocycles. The number of amides is 1. The first kappa shape index (κ1) is 22.8. The Balaban J connectivity index is 1.82. The Bertz CT molecular complexity index is 1230. The summed E-state index contributed by atoms with van der Waals surface area (Å²) >= 11 is 6.07. The zero-order chi connectivity index (χ0) is 22.8. The molecule has 1 amide bonds. The Morgan fingerprint density at radius 1 is 1.16 bits per heavy atom. The van der Waals surface area contributed by atoms with Crippen LogP contribution in [0, 0.1) is 20.8 Å². The standard InChI is InChI=1S/C22H23ClN2O5S/c1-13-15(3)25-30-22(13)16-8-9-19(29-4)20(12-16)31(27,28)11-10-21(26)24-18-7-5-6-17(23)14(18)2/h5-9,12H,10-11H2,1-4H3,(H,24,26). The highest BCUT2D eigenvalue weighted by molar-refractivity contribution is 7.91. The van der Waals surface area contributed by atoms with Gasteiger partial charge in [0.05, 0.1) is 18.6 Å². The number of aromatic nitrogens is 1. The highest BCUT2D eigenvalue weighted by atomic mass is 35.5. The summed E-state index contributed by atoms with van der Waals surface area (Å²) in [5.41, 5.74) is 3.38. The van der Waals surface area contributed by atoms with Gasteiger partial charge < -0.3 is 14.6 Å². The summed E-state index contributed by atoms with van der Waals surface area (Å²) < 4.78 is 36.7. The van der Waals surface area contributed by atoms with Crippen LogP contribution >= 0.6 is 11.6 Å². The van der Waals surface area contributed by atoms with Crippen LogP contribution in [-0.2, 0) is 14.6 Å². The number of nitrogens with zero attached hydrogens (tertiary/aromatic N) is 1. The van der Waals surface area contributed by atoms with Crippen molar-refractivity contribution in [2.45, 2.75) is 32.1 Å². The van der Waals surface area contributed by atoms with Crippen molar-refractivity contribution < 1.29 is 22.5 Å². The number of rotatable bonds is 7. The fourth-order valence-electron chi connectivity index (χ4n) is 3.04. The molecule has 3 rings (SSSR count). The highest BCUT2D eigenvalue weighted by Gasteiger charge is 2.23. The molecule has 0 saturated heterocycles. The van der Waals surface area contributed by atoms with Crippen molar-refractivity contribution in [2.75, 3.05) is 18.2 Å². The summed E-state index contributed by atoms with van der Waals surface area (Å²) in [7, 11) is -2.42. The third kappa shape index (κ3) is 4.91. The van der Waals surface area contributed by atoms with Crippen molar-refractivity contribution >= 4 is 33.0 Å². The van der Waals surface area contributed by atoms with Crippen molar-refractivity contribution in [3.8, 4) is 17.1 Å². The molecular weight excluding hydrogens is 440 g/mol. The zero-order valence-electron chi connectivity index (χ0n) is 17.7. The second kappa shape index (κ2) is 9.11. The first-order chi connectivity index (χ1) is 14.6. The second-order valence-corrected chi connectivity index (χ2v) is 9.60. The van der Waals surface area contributed by atoms with Crippen LogP contribution in [0.1, 0.15) is 23.2 Å². The molecule has 1 aromatic heterocycles. The molecule has 0 radical (unpaired) electrons. The molecule has 9 heteroatoms. The van der Waals surface area contributed by atoms with Crippen LogP contribution in [-0.4, -0.2) is 32.3 Å². The van der Waals surface area contributed by atoms with Gasteiger partial charge >= 0.3 is 0 Å². The van der Waals surface area contributed by atoms with E-state index in [-0.39, 0.29) is 22.8 Å². The van der Waals surface area contributed by atoms with E-state index in [4.69, 9.17) is 20.9 Å². The first-order valence-corrected chi connectivity index (χ1v) is 11.6. The minimum atomic E-state index is -3.82. The number of sulfone groups is 1. The van der Waals surface area contributed by atoms with Crippen molar-refractivity contribution in [1.82, 2.24) is 5.16 Å². The first-order valence-electron chi connectivity index (χ1n) is 9.53. The van der Waals surface area contributed by atoms with Crippen LogP contribution in [0.5, 0.6) is 5.75 Å². The Labute approximate surface area is 186 Å². The normalized spacial score (nSPS) is 11.4. The van der Waals surface area contributed by atoms with E-state index >= 15 is 0 Å². The lowest BCUT2D eigenvalue weighted by atomic mass is 10.1. The maximum Gasteiger partial charge on any atom is 0.225 e. The van der Waals surface area contributed by atoms with Gasteiger partial charge in [-0.3, -0.25) is 4.79 Å². The third-order valence-corrected chi connectivity index (χ3v) is 7.20. The minimum Gasteiger partial charge on any atom is -0.495 e. The quantitative estimate of drug-likeness (QED) is 0.545. The summed E-state index contributed by atoms with van der Waals surface area (Å²) in [6, 6.07) is 9.90. The van der Waals surface area contributed by atoms with Crippen LogP contribution in [0.3, 0.4) is 0 Å². The maximum absolute atomic E-state index is 13.0. The van der Waals surface area contributed by atoms with Gasteiger partial charge in [0.15, 0.2) is 15.6 Å². The number of hydrogen-bond acceptors (Lipinski definition) is 6. The summed E-state index contributed by atoms with van der Waals surface area (Å²) in [5.74, 6) is -0.118. The number of methoxy groups -OCH3 is 1. The number of aryl methyl sites for hydroxylation is 1. The molecule has 0 saturated carbocycles. The fraction of sp³-hybridized carbons (Fsp3) is 0.273.